The monoisotopic (exact) mass is 286 g/mol. The third-order valence-electron chi connectivity index (χ3n) is 3.04. The van der Waals surface area contributed by atoms with Crippen molar-refractivity contribution in [2.45, 2.75) is 38.1 Å². The number of carboxylic acid groups (broad SMARTS) is 1. The molecule has 0 saturated carbocycles. The smallest absolute Gasteiger partial charge is 0.407 e. The number of likely N-dealkylation sites (tertiary alicyclic amines) is 1. The summed E-state index contributed by atoms with van der Waals surface area (Å²) in [6.07, 6.45) is -0.0977. The summed E-state index contributed by atoms with van der Waals surface area (Å²) in [6, 6.07) is 2.19. The van der Waals surface area contributed by atoms with Gasteiger partial charge in [0.15, 0.2) is 13.9 Å². The average molecular weight is 286 g/mol. The Labute approximate surface area is 115 Å². The number of hydrogen-bond donors (Lipinski definition) is 1. The maximum atomic E-state index is 10.8. The molecule has 0 aromatic carbocycles. The van der Waals surface area contributed by atoms with Crippen LogP contribution in [0.3, 0.4) is 0 Å². The number of hydrogen-bond acceptors (Lipinski definition) is 4. The quantitative estimate of drug-likeness (QED) is 0.616. The van der Waals surface area contributed by atoms with Crippen LogP contribution in [0.2, 0.25) is 19.6 Å². The summed E-state index contributed by atoms with van der Waals surface area (Å²) in [6.45, 7) is 7.84. The van der Waals surface area contributed by atoms with Crippen LogP contribution >= 0.6 is 0 Å². The lowest BCUT2D eigenvalue weighted by atomic mass is 9.93. The lowest BCUT2D eigenvalue weighted by Gasteiger charge is -2.35. The van der Waals surface area contributed by atoms with Gasteiger partial charge in [-0.1, -0.05) is 0 Å². The van der Waals surface area contributed by atoms with E-state index in [1.807, 2.05) is 0 Å². The van der Waals surface area contributed by atoms with Gasteiger partial charge in [-0.3, -0.25) is 0 Å². The van der Waals surface area contributed by atoms with Gasteiger partial charge in [0.25, 0.3) is 0 Å². The summed E-state index contributed by atoms with van der Waals surface area (Å²) in [4.78, 5) is 12.1. The third kappa shape index (κ3) is 5.18. The predicted octanol–water partition coefficient (Wildman–Crippen LogP) is 1.89. The first-order valence-corrected chi connectivity index (χ1v) is 9.86. The fourth-order valence-electron chi connectivity index (χ4n) is 1.93. The van der Waals surface area contributed by atoms with Crippen LogP contribution in [0, 0.1) is 11.3 Å². The van der Waals surface area contributed by atoms with Crippen molar-refractivity contribution < 1.29 is 19.1 Å². The molecule has 7 heteroatoms. The van der Waals surface area contributed by atoms with Crippen molar-refractivity contribution in [1.29, 1.82) is 5.26 Å². The Morgan fingerprint density at radius 2 is 1.95 bits per heavy atom. The standard InChI is InChI=1S/C12H22N2O4Si/c1-19(2,3)18-9-8-17-12(10-13)4-6-14(7-5-12)11(15)16/h4-9H2,1-3H3,(H,15,16). The Kier molecular flexibility index (Phi) is 5.35. The van der Waals surface area contributed by atoms with Gasteiger partial charge in [0.2, 0.25) is 0 Å². The number of nitrogens with zero attached hydrogens (tertiary/aromatic N) is 2. The Hall–Kier alpha value is -1.10. The highest BCUT2D eigenvalue weighted by atomic mass is 28.4. The van der Waals surface area contributed by atoms with E-state index in [0.29, 0.717) is 39.1 Å². The molecule has 1 rings (SSSR count). The number of piperidine rings is 1. The van der Waals surface area contributed by atoms with Gasteiger partial charge in [-0.05, 0) is 19.6 Å². The molecule has 1 amide bonds. The van der Waals surface area contributed by atoms with Crippen LogP contribution in [0.1, 0.15) is 12.8 Å². The van der Waals surface area contributed by atoms with Crippen molar-refractivity contribution in [1.82, 2.24) is 4.90 Å². The largest absolute Gasteiger partial charge is 0.465 e. The first-order chi connectivity index (χ1) is 8.78. The molecular weight excluding hydrogens is 264 g/mol. The summed E-state index contributed by atoms with van der Waals surface area (Å²) in [5, 5.41) is 18.1. The fraction of sp³-hybridized carbons (Fsp3) is 0.833. The molecule has 0 aromatic heterocycles. The topological polar surface area (TPSA) is 82.8 Å². The van der Waals surface area contributed by atoms with E-state index in [2.05, 4.69) is 25.7 Å². The molecule has 0 aromatic rings. The fourth-order valence-corrected chi connectivity index (χ4v) is 2.63. The first kappa shape index (κ1) is 16.0. The van der Waals surface area contributed by atoms with Crippen molar-refractivity contribution in [3.8, 4) is 6.07 Å². The minimum absolute atomic E-state index is 0.345. The maximum Gasteiger partial charge on any atom is 0.407 e. The van der Waals surface area contributed by atoms with Gasteiger partial charge >= 0.3 is 6.09 Å². The van der Waals surface area contributed by atoms with E-state index in [0.717, 1.165) is 0 Å². The Morgan fingerprint density at radius 1 is 1.37 bits per heavy atom. The van der Waals surface area contributed by atoms with Gasteiger partial charge < -0.3 is 19.2 Å². The van der Waals surface area contributed by atoms with Gasteiger partial charge in [0.1, 0.15) is 0 Å². The molecule has 1 N–H and O–H groups in total. The molecule has 108 valence electrons. The summed E-state index contributed by atoms with van der Waals surface area (Å²) < 4.78 is 11.3. The minimum Gasteiger partial charge on any atom is -0.465 e. The molecule has 0 unspecified atom stereocenters. The molecule has 6 nitrogen and oxygen atoms in total. The zero-order chi connectivity index (χ0) is 14.5. The van der Waals surface area contributed by atoms with Crippen molar-refractivity contribution in [3.63, 3.8) is 0 Å². The molecule has 0 aliphatic carbocycles. The van der Waals surface area contributed by atoms with Crippen molar-refractivity contribution in [2.75, 3.05) is 26.3 Å². The molecule has 1 heterocycles. The summed E-state index contributed by atoms with van der Waals surface area (Å²) >= 11 is 0. The normalized spacial score (nSPS) is 18.9. The van der Waals surface area contributed by atoms with Gasteiger partial charge in [0, 0.05) is 25.9 Å². The van der Waals surface area contributed by atoms with E-state index in [-0.39, 0.29) is 0 Å². The van der Waals surface area contributed by atoms with Crippen LogP contribution < -0.4 is 0 Å². The van der Waals surface area contributed by atoms with Gasteiger partial charge in [-0.15, -0.1) is 0 Å². The number of nitriles is 1. The molecule has 19 heavy (non-hydrogen) atoms. The van der Waals surface area contributed by atoms with Crippen LogP contribution in [0.4, 0.5) is 4.79 Å². The summed E-state index contributed by atoms with van der Waals surface area (Å²) in [7, 11) is -1.55. The number of ether oxygens (including phenoxy) is 1. The number of carbonyl (C=O) groups is 1. The van der Waals surface area contributed by atoms with Crippen LogP contribution in [0.25, 0.3) is 0 Å². The molecule has 0 spiro atoms. The lowest BCUT2D eigenvalue weighted by Crippen LogP contribution is -2.47. The van der Waals surface area contributed by atoms with Crippen LogP contribution in [-0.4, -0.2) is 56.3 Å². The van der Waals surface area contributed by atoms with Crippen molar-refractivity contribution in [3.05, 3.63) is 0 Å². The van der Waals surface area contributed by atoms with E-state index in [4.69, 9.17) is 14.3 Å². The molecule has 0 bridgehead atoms. The van der Waals surface area contributed by atoms with E-state index in [1.165, 1.54) is 4.90 Å². The summed E-state index contributed by atoms with van der Waals surface area (Å²) in [5.41, 5.74) is -0.852. The maximum absolute atomic E-state index is 10.8. The van der Waals surface area contributed by atoms with Gasteiger partial charge in [0.05, 0.1) is 19.3 Å². The molecule has 0 atom stereocenters. The van der Waals surface area contributed by atoms with Crippen molar-refractivity contribution >= 4 is 14.4 Å². The first-order valence-electron chi connectivity index (χ1n) is 6.45. The highest BCUT2D eigenvalue weighted by Crippen LogP contribution is 2.25. The molecule has 1 aliphatic heterocycles. The zero-order valence-electron chi connectivity index (χ0n) is 11.8. The van der Waals surface area contributed by atoms with E-state index < -0.39 is 20.0 Å². The van der Waals surface area contributed by atoms with E-state index in [1.54, 1.807) is 0 Å². The molecule has 0 radical (unpaired) electrons. The second-order valence-electron chi connectivity index (χ2n) is 5.69. The molecule has 1 fully saturated rings. The molecule has 1 aliphatic rings. The average Bonchev–Trinajstić information content (AvgIpc) is 2.34. The number of amides is 1. The SMILES string of the molecule is C[Si](C)(C)OCCOC1(C#N)CCN(C(=O)O)CC1. The van der Waals surface area contributed by atoms with Crippen LogP contribution in [-0.2, 0) is 9.16 Å². The zero-order valence-corrected chi connectivity index (χ0v) is 12.8. The highest BCUT2D eigenvalue weighted by Gasteiger charge is 2.37. The predicted molar refractivity (Wildman–Crippen MR) is 72.4 cm³/mol. The number of rotatable bonds is 5. The minimum atomic E-state index is -1.55. The Morgan fingerprint density at radius 3 is 2.37 bits per heavy atom. The molecule has 1 saturated heterocycles. The molecular formula is C12H22N2O4Si. The summed E-state index contributed by atoms with van der Waals surface area (Å²) in [5.74, 6) is 0. The van der Waals surface area contributed by atoms with Crippen LogP contribution in [0.15, 0.2) is 0 Å². The van der Waals surface area contributed by atoms with Gasteiger partial charge in [-0.2, -0.15) is 5.26 Å². The third-order valence-corrected chi connectivity index (χ3v) is 4.11. The van der Waals surface area contributed by atoms with Gasteiger partial charge in [-0.25, -0.2) is 4.79 Å². The highest BCUT2D eigenvalue weighted by molar-refractivity contribution is 6.69. The van der Waals surface area contributed by atoms with E-state index >= 15 is 0 Å². The van der Waals surface area contributed by atoms with E-state index in [9.17, 15) is 10.1 Å². The van der Waals surface area contributed by atoms with Crippen molar-refractivity contribution in [2.24, 2.45) is 0 Å². The Bertz CT molecular complexity index is 354. The second-order valence-corrected chi connectivity index (χ2v) is 10.2. The Balaban J connectivity index is 2.38. The lowest BCUT2D eigenvalue weighted by molar-refractivity contribution is -0.0503. The van der Waals surface area contributed by atoms with Crippen LogP contribution in [0.5, 0.6) is 0 Å². The second kappa shape index (κ2) is 6.37.